The smallest absolute Gasteiger partial charge is 0.210 e. The van der Waals surface area contributed by atoms with Crippen LogP contribution in [0.5, 0.6) is 5.75 Å². The van der Waals surface area contributed by atoms with E-state index in [1.807, 2.05) is 24.3 Å². The van der Waals surface area contributed by atoms with Crippen LogP contribution in [0.25, 0.3) is 11.4 Å². The standard InChI is InChI=1S/C16H19N5OS2/c1-3-6-14-18-11(9-23-14)10-24-16-20-19-15(21(16)17)12-7-4-5-8-13(12)22-2/h4-5,7-9H,3,6,10,17H2,1-2H3. The van der Waals surface area contributed by atoms with Gasteiger partial charge in [-0.2, -0.15) is 0 Å². The maximum absolute atomic E-state index is 6.17. The quantitative estimate of drug-likeness (QED) is 0.513. The highest BCUT2D eigenvalue weighted by atomic mass is 32.2. The molecule has 2 aromatic heterocycles. The fourth-order valence-electron chi connectivity index (χ4n) is 2.27. The van der Waals surface area contributed by atoms with Crippen LogP contribution < -0.4 is 10.6 Å². The summed E-state index contributed by atoms with van der Waals surface area (Å²) in [5.41, 5.74) is 1.87. The van der Waals surface area contributed by atoms with Gasteiger partial charge < -0.3 is 10.6 Å². The SMILES string of the molecule is CCCc1nc(CSc2nnc(-c3ccccc3OC)n2N)cs1. The van der Waals surface area contributed by atoms with Crippen molar-refractivity contribution in [3.63, 3.8) is 0 Å². The number of rotatable bonds is 7. The summed E-state index contributed by atoms with van der Waals surface area (Å²) >= 11 is 3.23. The molecule has 0 radical (unpaired) electrons. The first-order valence-electron chi connectivity index (χ1n) is 7.63. The van der Waals surface area contributed by atoms with Crippen LogP contribution in [0.2, 0.25) is 0 Å². The summed E-state index contributed by atoms with van der Waals surface area (Å²) in [6.45, 7) is 2.16. The van der Waals surface area contributed by atoms with Gasteiger partial charge >= 0.3 is 0 Å². The zero-order valence-electron chi connectivity index (χ0n) is 13.6. The summed E-state index contributed by atoms with van der Waals surface area (Å²) in [6, 6.07) is 7.62. The van der Waals surface area contributed by atoms with Gasteiger partial charge in [-0.05, 0) is 25.0 Å². The van der Waals surface area contributed by atoms with Crippen molar-refractivity contribution in [1.29, 1.82) is 0 Å². The first-order chi connectivity index (χ1) is 11.7. The number of aryl methyl sites for hydroxylation is 1. The fraction of sp³-hybridized carbons (Fsp3) is 0.312. The molecule has 0 spiro atoms. The zero-order chi connectivity index (χ0) is 16.9. The molecule has 3 aromatic rings. The molecule has 2 N–H and O–H groups in total. The van der Waals surface area contributed by atoms with Crippen LogP contribution in [0.3, 0.4) is 0 Å². The fourth-order valence-corrected chi connectivity index (χ4v) is 4.03. The van der Waals surface area contributed by atoms with E-state index in [9.17, 15) is 0 Å². The molecule has 6 nitrogen and oxygen atoms in total. The second-order valence-electron chi connectivity index (χ2n) is 5.15. The lowest BCUT2D eigenvalue weighted by molar-refractivity contribution is 0.416. The van der Waals surface area contributed by atoms with E-state index >= 15 is 0 Å². The van der Waals surface area contributed by atoms with Crippen molar-refractivity contribution in [3.05, 3.63) is 40.3 Å². The van der Waals surface area contributed by atoms with Gasteiger partial charge in [-0.1, -0.05) is 30.8 Å². The number of thiazole rings is 1. The average Bonchev–Trinajstić information content (AvgIpc) is 3.20. The number of hydrogen-bond acceptors (Lipinski definition) is 7. The van der Waals surface area contributed by atoms with E-state index in [0.29, 0.717) is 11.0 Å². The van der Waals surface area contributed by atoms with Gasteiger partial charge in [-0.3, -0.25) is 0 Å². The maximum atomic E-state index is 6.17. The second kappa shape index (κ2) is 7.67. The molecule has 8 heteroatoms. The normalized spacial score (nSPS) is 10.9. The van der Waals surface area contributed by atoms with Crippen molar-refractivity contribution < 1.29 is 4.74 Å². The van der Waals surface area contributed by atoms with Gasteiger partial charge in [0.15, 0.2) is 5.82 Å². The molecule has 0 aliphatic carbocycles. The minimum atomic E-state index is 0.583. The molecular formula is C16H19N5OS2. The number of nitrogens with zero attached hydrogens (tertiary/aromatic N) is 4. The van der Waals surface area contributed by atoms with E-state index in [1.54, 1.807) is 18.4 Å². The topological polar surface area (TPSA) is 78.9 Å². The van der Waals surface area contributed by atoms with Crippen molar-refractivity contribution in [2.75, 3.05) is 13.0 Å². The Bertz CT molecular complexity index is 814. The van der Waals surface area contributed by atoms with Crippen molar-refractivity contribution in [2.45, 2.75) is 30.7 Å². The molecule has 1 aromatic carbocycles. The number of hydrogen-bond donors (Lipinski definition) is 1. The number of nitrogen functional groups attached to an aromatic ring is 1. The monoisotopic (exact) mass is 361 g/mol. The van der Waals surface area contributed by atoms with Gasteiger partial charge in [0.2, 0.25) is 5.16 Å². The molecule has 0 fully saturated rings. The molecule has 0 saturated carbocycles. The van der Waals surface area contributed by atoms with Crippen molar-refractivity contribution in [3.8, 4) is 17.1 Å². The van der Waals surface area contributed by atoms with Crippen LogP contribution >= 0.6 is 23.1 Å². The molecule has 126 valence electrons. The number of thioether (sulfide) groups is 1. The van der Waals surface area contributed by atoms with E-state index in [-0.39, 0.29) is 0 Å². The Labute approximate surface area is 149 Å². The number of ether oxygens (including phenoxy) is 1. The highest BCUT2D eigenvalue weighted by Gasteiger charge is 2.16. The van der Waals surface area contributed by atoms with Gasteiger partial charge in [-0.25, -0.2) is 9.66 Å². The number of benzene rings is 1. The van der Waals surface area contributed by atoms with Crippen molar-refractivity contribution in [1.82, 2.24) is 19.9 Å². The van der Waals surface area contributed by atoms with E-state index in [2.05, 4.69) is 27.5 Å². The molecule has 3 rings (SSSR count). The minimum absolute atomic E-state index is 0.583. The number of aromatic nitrogens is 4. The van der Waals surface area contributed by atoms with Gasteiger partial charge in [0.1, 0.15) is 5.75 Å². The molecule has 0 saturated heterocycles. The number of methoxy groups -OCH3 is 1. The predicted octanol–water partition coefficient (Wildman–Crippen LogP) is 3.37. The molecule has 0 aliphatic heterocycles. The molecule has 0 aliphatic rings. The molecule has 2 heterocycles. The Kier molecular flexibility index (Phi) is 5.37. The van der Waals surface area contributed by atoms with Gasteiger partial charge in [0.25, 0.3) is 0 Å². The Morgan fingerprint density at radius 3 is 2.92 bits per heavy atom. The van der Waals surface area contributed by atoms with Gasteiger partial charge in [0, 0.05) is 11.1 Å². The third-order valence-electron chi connectivity index (χ3n) is 3.42. The lowest BCUT2D eigenvalue weighted by atomic mass is 10.2. The summed E-state index contributed by atoms with van der Waals surface area (Å²) in [6.07, 6.45) is 2.14. The summed E-state index contributed by atoms with van der Waals surface area (Å²) in [5.74, 6) is 8.20. The van der Waals surface area contributed by atoms with E-state index in [4.69, 9.17) is 10.6 Å². The van der Waals surface area contributed by atoms with Crippen LogP contribution in [-0.2, 0) is 12.2 Å². The van der Waals surface area contributed by atoms with Crippen molar-refractivity contribution in [2.24, 2.45) is 0 Å². The zero-order valence-corrected chi connectivity index (χ0v) is 15.2. The largest absolute Gasteiger partial charge is 0.496 e. The van der Waals surface area contributed by atoms with Crippen molar-refractivity contribution >= 4 is 23.1 Å². The Hall–Kier alpha value is -2.06. The Morgan fingerprint density at radius 2 is 2.12 bits per heavy atom. The number of para-hydroxylation sites is 1. The lowest BCUT2D eigenvalue weighted by Crippen LogP contribution is -2.12. The number of nitrogens with two attached hydrogens (primary N) is 1. The highest BCUT2D eigenvalue weighted by molar-refractivity contribution is 7.98. The summed E-state index contributed by atoms with van der Waals surface area (Å²) in [7, 11) is 1.63. The molecule has 0 amide bonds. The van der Waals surface area contributed by atoms with E-state index < -0.39 is 0 Å². The van der Waals surface area contributed by atoms with E-state index in [0.717, 1.165) is 35.6 Å². The average molecular weight is 361 g/mol. The second-order valence-corrected chi connectivity index (χ2v) is 7.03. The first-order valence-corrected chi connectivity index (χ1v) is 9.49. The van der Waals surface area contributed by atoms with Gasteiger partial charge in [0.05, 0.1) is 23.4 Å². The van der Waals surface area contributed by atoms with Crippen LogP contribution in [0, 0.1) is 0 Å². The minimum Gasteiger partial charge on any atom is -0.496 e. The third-order valence-corrected chi connectivity index (χ3v) is 5.36. The summed E-state index contributed by atoms with van der Waals surface area (Å²) in [5, 5.41) is 12.3. The lowest BCUT2D eigenvalue weighted by Gasteiger charge is -2.07. The molecule has 24 heavy (non-hydrogen) atoms. The summed E-state index contributed by atoms with van der Waals surface area (Å²) < 4.78 is 6.87. The van der Waals surface area contributed by atoms with E-state index in [1.165, 1.54) is 21.4 Å². The molecule has 0 unspecified atom stereocenters. The molecule has 0 atom stereocenters. The van der Waals surface area contributed by atoms with Crippen LogP contribution in [0.4, 0.5) is 0 Å². The highest BCUT2D eigenvalue weighted by Crippen LogP contribution is 2.30. The maximum Gasteiger partial charge on any atom is 0.210 e. The van der Waals surface area contributed by atoms with Crippen LogP contribution in [0.15, 0.2) is 34.8 Å². The predicted molar refractivity (Wildman–Crippen MR) is 97.8 cm³/mol. The Morgan fingerprint density at radius 1 is 1.29 bits per heavy atom. The van der Waals surface area contributed by atoms with Crippen LogP contribution in [0.1, 0.15) is 24.0 Å². The van der Waals surface area contributed by atoms with Gasteiger partial charge in [-0.15, -0.1) is 21.5 Å². The summed E-state index contributed by atoms with van der Waals surface area (Å²) in [4.78, 5) is 4.62. The van der Waals surface area contributed by atoms with Crippen LogP contribution in [-0.4, -0.2) is 27.0 Å². The Balaban J connectivity index is 1.75. The first kappa shape index (κ1) is 16.8. The molecular weight excluding hydrogens is 342 g/mol. The third kappa shape index (κ3) is 3.54. The molecule has 0 bridgehead atoms.